The largest absolute Gasteiger partial charge is 0.371 e. The highest BCUT2D eigenvalue weighted by molar-refractivity contribution is 5.33. The number of hydrogen-bond acceptors (Lipinski definition) is 1. The van der Waals surface area contributed by atoms with Crippen molar-refractivity contribution in [2.24, 2.45) is 11.8 Å². The molecule has 1 aliphatic rings. The lowest BCUT2D eigenvalue weighted by Gasteiger charge is -2.33. The van der Waals surface area contributed by atoms with Crippen LogP contribution in [0.1, 0.15) is 41.5 Å². The fraction of sp³-hybridized carbons (Fsp3) is 0.714. The maximum atomic E-state index is 2.42. The molecule has 15 heavy (non-hydrogen) atoms. The number of nitrogens with zero attached hydrogens (tertiary/aromatic N) is 1. The van der Waals surface area contributed by atoms with Gasteiger partial charge in [0.1, 0.15) is 0 Å². The second-order valence-corrected chi connectivity index (χ2v) is 5.37. The van der Waals surface area contributed by atoms with E-state index in [-0.39, 0.29) is 0 Å². The zero-order chi connectivity index (χ0) is 11.6. The molecule has 0 aliphatic carbocycles. The minimum absolute atomic E-state index is 0.601. The van der Waals surface area contributed by atoms with Gasteiger partial charge in [-0.15, -0.1) is 0 Å². The first-order chi connectivity index (χ1) is 6.93. The van der Waals surface area contributed by atoms with E-state index in [0.29, 0.717) is 17.9 Å². The van der Waals surface area contributed by atoms with Crippen LogP contribution in [0.2, 0.25) is 0 Å². The molecular formula is C14H25N. The summed E-state index contributed by atoms with van der Waals surface area (Å²) in [4.78, 5) is 2.42. The van der Waals surface area contributed by atoms with Gasteiger partial charge in [-0.2, -0.15) is 0 Å². The van der Waals surface area contributed by atoms with E-state index >= 15 is 0 Å². The van der Waals surface area contributed by atoms with Crippen LogP contribution in [0, 0.1) is 11.8 Å². The molecule has 0 N–H and O–H groups in total. The van der Waals surface area contributed by atoms with Crippen molar-refractivity contribution in [3.63, 3.8) is 0 Å². The predicted molar refractivity (Wildman–Crippen MR) is 67.7 cm³/mol. The SMILES string of the molecule is CC(C)C1=C(C(C)C)CN(C(C)C)C=C1. The van der Waals surface area contributed by atoms with Crippen molar-refractivity contribution in [2.45, 2.75) is 47.6 Å². The summed E-state index contributed by atoms with van der Waals surface area (Å²) in [6.07, 6.45) is 4.56. The highest BCUT2D eigenvalue weighted by Gasteiger charge is 2.19. The Balaban J connectivity index is 2.93. The Labute approximate surface area is 94.9 Å². The predicted octanol–water partition coefficient (Wildman–Crippen LogP) is 3.83. The van der Waals surface area contributed by atoms with Crippen molar-refractivity contribution in [1.82, 2.24) is 4.90 Å². The zero-order valence-corrected chi connectivity index (χ0v) is 11.0. The van der Waals surface area contributed by atoms with Crippen LogP contribution in [0.5, 0.6) is 0 Å². The minimum atomic E-state index is 0.601. The molecule has 1 rings (SSSR count). The van der Waals surface area contributed by atoms with Gasteiger partial charge >= 0.3 is 0 Å². The summed E-state index contributed by atoms with van der Waals surface area (Å²) in [5.74, 6) is 1.31. The summed E-state index contributed by atoms with van der Waals surface area (Å²) in [5, 5.41) is 0. The lowest BCUT2D eigenvalue weighted by molar-refractivity contribution is 0.319. The monoisotopic (exact) mass is 207 g/mol. The highest BCUT2D eigenvalue weighted by atomic mass is 15.1. The van der Waals surface area contributed by atoms with Crippen LogP contribution in [0.25, 0.3) is 0 Å². The molecule has 1 aliphatic heterocycles. The number of rotatable bonds is 3. The van der Waals surface area contributed by atoms with Gasteiger partial charge < -0.3 is 4.90 Å². The van der Waals surface area contributed by atoms with Crippen LogP contribution >= 0.6 is 0 Å². The molecular weight excluding hydrogens is 182 g/mol. The minimum Gasteiger partial charge on any atom is -0.371 e. The van der Waals surface area contributed by atoms with Gasteiger partial charge in [0.05, 0.1) is 0 Å². The maximum absolute atomic E-state index is 2.42. The van der Waals surface area contributed by atoms with Gasteiger partial charge in [-0.1, -0.05) is 27.7 Å². The second kappa shape index (κ2) is 4.87. The third kappa shape index (κ3) is 2.87. The molecule has 86 valence electrons. The Kier molecular flexibility index (Phi) is 4.01. The molecule has 0 bridgehead atoms. The van der Waals surface area contributed by atoms with E-state index in [9.17, 15) is 0 Å². The Morgan fingerprint density at radius 1 is 1.00 bits per heavy atom. The van der Waals surface area contributed by atoms with Gasteiger partial charge in [-0.3, -0.25) is 0 Å². The van der Waals surface area contributed by atoms with E-state index in [1.54, 1.807) is 11.1 Å². The molecule has 0 fully saturated rings. The van der Waals surface area contributed by atoms with Crippen molar-refractivity contribution in [2.75, 3.05) is 6.54 Å². The Hall–Kier alpha value is -0.720. The molecule has 1 nitrogen and oxygen atoms in total. The fourth-order valence-electron chi connectivity index (χ4n) is 2.06. The maximum Gasteiger partial charge on any atom is 0.0394 e. The number of allylic oxidation sites excluding steroid dienone is 2. The van der Waals surface area contributed by atoms with Gasteiger partial charge in [0.25, 0.3) is 0 Å². The standard InChI is InChI=1S/C14H25N/c1-10(2)13-7-8-15(12(5)6)9-14(13)11(3)4/h7-8,10-12H,9H2,1-6H3. The molecule has 0 saturated heterocycles. The average Bonchev–Trinajstić information content (AvgIpc) is 2.16. The quantitative estimate of drug-likeness (QED) is 0.680. The summed E-state index contributed by atoms with van der Waals surface area (Å²) in [6, 6.07) is 0.601. The lowest BCUT2D eigenvalue weighted by Crippen LogP contribution is -2.31. The van der Waals surface area contributed by atoms with Crippen LogP contribution in [0.3, 0.4) is 0 Å². The smallest absolute Gasteiger partial charge is 0.0394 e. The summed E-state index contributed by atoms with van der Waals surface area (Å²) in [6.45, 7) is 14.8. The summed E-state index contributed by atoms with van der Waals surface area (Å²) in [5.41, 5.74) is 3.16. The second-order valence-electron chi connectivity index (χ2n) is 5.37. The van der Waals surface area contributed by atoms with Crippen LogP contribution < -0.4 is 0 Å². The molecule has 1 heteroatoms. The van der Waals surface area contributed by atoms with E-state index in [1.165, 1.54) is 0 Å². The Morgan fingerprint density at radius 3 is 2.00 bits per heavy atom. The van der Waals surface area contributed by atoms with Crippen molar-refractivity contribution in [1.29, 1.82) is 0 Å². The summed E-state index contributed by atoms with van der Waals surface area (Å²) >= 11 is 0. The van der Waals surface area contributed by atoms with Crippen molar-refractivity contribution < 1.29 is 0 Å². The molecule has 0 aromatic heterocycles. The zero-order valence-electron chi connectivity index (χ0n) is 11.0. The third-order valence-electron chi connectivity index (χ3n) is 3.15. The molecule has 0 unspecified atom stereocenters. The molecule has 0 atom stereocenters. The normalized spacial score (nSPS) is 17.5. The molecule has 0 aromatic carbocycles. The van der Waals surface area contributed by atoms with Crippen molar-refractivity contribution in [3.8, 4) is 0 Å². The van der Waals surface area contributed by atoms with E-state index in [0.717, 1.165) is 6.54 Å². The van der Waals surface area contributed by atoms with Crippen molar-refractivity contribution in [3.05, 3.63) is 23.4 Å². The van der Waals surface area contributed by atoms with Gasteiger partial charge in [0, 0.05) is 12.6 Å². The fourth-order valence-corrected chi connectivity index (χ4v) is 2.06. The molecule has 0 amide bonds. The topological polar surface area (TPSA) is 3.24 Å². The first-order valence-electron chi connectivity index (χ1n) is 6.10. The Bertz CT molecular complexity index is 269. The van der Waals surface area contributed by atoms with Crippen LogP contribution in [0.15, 0.2) is 23.4 Å². The molecule has 0 radical (unpaired) electrons. The number of hydrogen-bond donors (Lipinski definition) is 0. The van der Waals surface area contributed by atoms with E-state index in [2.05, 4.69) is 58.7 Å². The average molecular weight is 207 g/mol. The van der Waals surface area contributed by atoms with Gasteiger partial charge in [0.2, 0.25) is 0 Å². The van der Waals surface area contributed by atoms with E-state index in [1.807, 2.05) is 0 Å². The third-order valence-corrected chi connectivity index (χ3v) is 3.15. The highest BCUT2D eigenvalue weighted by Crippen LogP contribution is 2.27. The van der Waals surface area contributed by atoms with Crippen LogP contribution in [-0.4, -0.2) is 17.5 Å². The first kappa shape index (κ1) is 12.4. The van der Waals surface area contributed by atoms with Gasteiger partial charge in [-0.25, -0.2) is 0 Å². The van der Waals surface area contributed by atoms with Gasteiger partial charge in [-0.05, 0) is 49.1 Å². The van der Waals surface area contributed by atoms with E-state index < -0.39 is 0 Å². The Morgan fingerprint density at radius 2 is 1.60 bits per heavy atom. The van der Waals surface area contributed by atoms with Gasteiger partial charge in [0.15, 0.2) is 0 Å². The first-order valence-corrected chi connectivity index (χ1v) is 6.10. The van der Waals surface area contributed by atoms with E-state index in [4.69, 9.17) is 0 Å². The summed E-state index contributed by atoms with van der Waals surface area (Å²) in [7, 11) is 0. The van der Waals surface area contributed by atoms with Crippen LogP contribution in [-0.2, 0) is 0 Å². The molecule has 0 spiro atoms. The summed E-state index contributed by atoms with van der Waals surface area (Å²) < 4.78 is 0. The molecule has 1 heterocycles. The van der Waals surface area contributed by atoms with Crippen molar-refractivity contribution >= 4 is 0 Å². The van der Waals surface area contributed by atoms with Crippen LogP contribution in [0.4, 0.5) is 0 Å². The molecule has 0 aromatic rings. The molecule has 0 saturated carbocycles. The lowest BCUT2D eigenvalue weighted by atomic mass is 9.88.